The van der Waals surface area contributed by atoms with E-state index < -0.39 is 17.7 Å². The van der Waals surface area contributed by atoms with Crippen LogP contribution in [0.3, 0.4) is 0 Å². The van der Waals surface area contributed by atoms with Crippen molar-refractivity contribution in [3.05, 3.63) is 124 Å². The fourth-order valence-corrected chi connectivity index (χ4v) is 5.05. The normalized spacial score (nSPS) is 11.4. The van der Waals surface area contributed by atoms with Gasteiger partial charge >= 0.3 is 12.1 Å². The zero-order valence-electron chi connectivity index (χ0n) is 22.5. The van der Waals surface area contributed by atoms with Crippen molar-refractivity contribution in [1.82, 2.24) is 9.55 Å². The molecule has 10 heteroatoms. The van der Waals surface area contributed by atoms with E-state index in [9.17, 15) is 18.0 Å². The predicted molar refractivity (Wildman–Crippen MR) is 160 cm³/mol. The summed E-state index contributed by atoms with van der Waals surface area (Å²) >= 11 is 12.6. The van der Waals surface area contributed by atoms with E-state index in [0.29, 0.717) is 50.5 Å². The molecule has 0 fully saturated rings. The minimum absolute atomic E-state index is 0.419. The smallest absolute Gasteiger partial charge is 0.416 e. The molecule has 42 heavy (non-hydrogen) atoms. The van der Waals surface area contributed by atoms with Crippen molar-refractivity contribution in [3.8, 4) is 22.4 Å². The van der Waals surface area contributed by atoms with Crippen molar-refractivity contribution in [2.75, 3.05) is 19.1 Å². The molecule has 4 aromatic carbocycles. The molecule has 0 radical (unpaired) electrons. The summed E-state index contributed by atoms with van der Waals surface area (Å²) in [6.07, 6.45) is -2.54. The van der Waals surface area contributed by atoms with Crippen LogP contribution in [0.25, 0.3) is 22.4 Å². The number of halogens is 5. The first-order valence-corrected chi connectivity index (χ1v) is 13.5. The maximum absolute atomic E-state index is 13.2. The molecule has 0 aliphatic carbocycles. The Morgan fingerprint density at radius 3 is 2.29 bits per heavy atom. The molecule has 0 atom stereocenters. The highest BCUT2D eigenvalue weighted by Crippen LogP contribution is 2.35. The monoisotopic (exact) mass is 609 g/mol. The summed E-state index contributed by atoms with van der Waals surface area (Å²) < 4.78 is 46.4. The zero-order chi connectivity index (χ0) is 30.0. The summed E-state index contributed by atoms with van der Waals surface area (Å²) in [6.45, 7) is 0.432. The number of hydrogen-bond donors (Lipinski definition) is 0. The molecule has 5 rings (SSSR count). The number of carbonyl (C=O) groups excluding carboxylic acids is 1. The van der Waals surface area contributed by atoms with E-state index in [1.165, 1.54) is 13.2 Å². The van der Waals surface area contributed by atoms with Gasteiger partial charge in [0.15, 0.2) is 0 Å². The third-order valence-electron chi connectivity index (χ3n) is 6.77. The van der Waals surface area contributed by atoms with Gasteiger partial charge in [-0.1, -0.05) is 59.6 Å². The Bertz CT molecular complexity index is 1730. The highest BCUT2D eigenvalue weighted by molar-refractivity contribution is 6.36. The van der Waals surface area contributed by atoms with Crippen LogP contribution >= 0.6 is 23.2 Å². The second-order valence-electron chi connectivity index (χ2n) is 9.55. The van der Waals surface area contributed by atoms with Gasteiger partial charge < -0.3 is 14.2 Å². The number of esters is 1. The molecule has 1 heterocycles. The van der Waals surface area contributed by atoms with Crippen LogP contribution < -0.4 is 4.90 Å². The molecular weight excluding hydrogens is 586 g/mol. The molecule has 0 saturated carbocycles. The average molecular weight is 610 g/mol. The Hall–Kier alpha value is -4.27. The number of alkyl halides is 3. The molecular formula is C32H24Cl2F3N3O2. The Kier molecular flexibility index (Phi) is 8.29. The van der Waals surface area contributed by atoms with Gasteiger partial charge in [-0.25, -0.2) is 9.78 Å². The molecule has 5 aromatic rings. The van der Waals surface area contributed by atoms with E-state index in [1.807, 2.05) is 47.0 Å². The zero-order valence-corrected chi connectivity index (χ0v) is 24.0. The number of benzene rings is 4. The molecule has 0 unspecified atom stereocenters. The molecule has 0 saturated heterocycles. The Labute approximate surface area is 250 Å². The van der Waals surface area contributed by atoms with Gasteiger partial charge in [0.05, 0.1) is 35.5 Å². The van der Waals surface area contributed by atoms with Crippen molar-refractivity contribution < 1.29 is 22.7 Å². The van der Waals surface area contributed by atoms with Crippen LogP contribution in [0.15, 0.2) is 97.2 Å². The van der Waals surface area contributed by atoms with E-state index in [4.69, 9.17) is 32.9 Å². The lowest BCUT2D eigenvalue weighted by atomic mass is 10.0. The first-order valence-electron chi connectivity index (χ1n) is 12.7. The van der Waals surface area contributed by atoms with E-state index in [2.05, 4.69) is 0 Å². The first-order chi connectivity index (χ1) is 20.0. The summed E-state index contributed by atoms with van der Waals surface area (Å²) in [5, 5.41) is 0.960. The van der Waals surface area contributed by atoms with Crippen molar-refractivity contribution in [2.24, 2.45) is 0 Å². The van der Waals surface area contributed by atoms with Gasteiger partial charge in [0.1, 0.15) is 0 Å². The highest BCUT2D eigenvalue weighted by Gasteiger charge is 2.30. The van der Waals surface area contributed by atoms with Crippen molar-refractivity contribution in [1.29, 1.82) is 0 Å². The van der Waals surface area contributed by atoms with E-state index in [-0.39, 0.29) is 0 Å². The van der Waals surface area contributed by atoms with Gasteiger partial charge in [0, 0.05) is 29.5 Å². The van der Waals surface area contributed by atoms with Gasteiger partial charge in [-0.15, -0.1) is 0 Å². The minimum Gasteiger partial charge on any atom is -0.465 e. The second-order valence-corrected chi connectivity index (χ2v) is 10.4. The molecule has 0 spiro atoms. The van der Waals surface area contributed by atoms with Gasteiger partial charge in [-0.05, 0) is 71.3 Å². The van der Waals surface area contributed by atoms with Crippen LogP contribution in [0.2, 0.25) is 10.0 Å². The number of hydrogen-bond acceptors (Lipinski definition) is 4. The summed E-state index contributed by atoms with van der Waals surface area (Å²) in [5.41, 5.74) is 3.89. The summed E-state index contributed by atoms with van der Waals surface area (Å²) in [5.74, 6) is 0.178. The SMILES string of the molecule is COC(=O)c1ccc(Cn2cc(-c3ccc(Cl)cc3Cl)nc2N(C)c2ccc(-c3cccc(C(F)(F)F)c3)cc2)cc1. The van der Waals surface area contributed by atoms with Crippen molar-refractivity contribution in [3.63, 3.8) is 0 Å². The fourth-order valence-electron chi connectivity index (χ4n) is 4.55. The average Bonchev–Trinajstić information content (AvgIpc) is 3.39. The maximum atomic E-state index is 13.2. The molecule has 1 aromatic heterocycles. The molecule has 0 N–H and O–H groups in total. The fraction of sp³-hybridized carbons (Fsp3) is 0.125. The van der Waals surface area contributed by atoms with Gasteiger partial charge in [-0.2, -0.15) is 13.2 Å². The molecule has 0 aliphatic rings. The lowest BCUT2D eigenvalue weighted by Gasteiger charge is -2.20. The summed E-state index contributed by atoms with van der Waals surface area (Å²) in [6, 6.07) is 24.7. The predicted octanol–water partition coefficient (Wildman–Crippen LogP) is 9.15. The highest BCUT2D eigenvalue weighted by atomic mass is 35.5. The molecule has 0 amide bonds. The van der Waals surface area contributed by atoms with Crippen LogP contribution in [0.1, 0.15) is 21.5 Å². The standard InChI is InChI=1S/C32H24Cl2F3N3O2/c1-39(26-13-10-21(11-14-26)23-4-3-5-24(16-23)32(35,36)37)31-38-29(27-15-12-25(33)17-28(27)34)19-40(31)18-20-6-8-22(9-7-20)30(41)42-2/h3-17,19H,18H2,1-2H3. The van der Waals surface area contributed by atoms with Gasteiger partial charge in [0.25, 0.3) is 0 Å². The number of methoxy groups -OCH3 is 1. The van der Waals surface area contributed by atoms with Crippen LogP contribution in [-0.2, 0) is 17.5 Å². The van der Waals surface area contributed by atoms with Crippen LogP contribution in [0, 0.1) is 0 Å². The number of aromatic nitrogens is 2. The second kappa shape index (κ2) is 11.9. The third kappa shape index (κ3) is 6.30. The minimum atomic E-state index is -4.42. The number of anilines is 2. The lowest BCUT2D eigenvalue weighted by molar-refractivity contribution is -0.137. The van der Waals surface area contributed by atoms with Crippen LogP contribution in [-0.4, -0.2) is 29.7 Å². The van der Waals surface area contributed by atoms with Crippen LogP contribution in [0.5, 0.6) is 0 Å². The number of ether oxygens (including phenoxy) is 1. The van der Waals surface area contributed by atoms with Crippen molar-refractivity contribution in [2.45, 2.75) is 12.7 Å². The van der Waals surface area contributed by atoms with E-state index in [0.717, 1.165) is 23.4 Å². The maximum Gasteiger partial charge on any atom is 0.416 e. The molecule has 0 aliphatic heterocycles. The Balaban J connectivity index is 1.49. The van der Waals surface area contributed by atoms with Crippen molar-refractivity contribution >= 4 is 40.8 Å². The molecule has 214 valence electrons. The largest absolute Gasteiger partial charge is 0.465 e. The van der Waals surface area contributed by atoms with Crippen LogP contribution in [0.4, 0.5) is 24.8 Å². The summed E-state index contributed by atoms with van der Waals surface area (Å²) in [7, 11) is 3.19. The van der Waals surface area contributed by atoms with Gasteiger partial charge in [-0.3, -0.25) is 0 Å². The number of carbonyl (C=O) groups is 1. The topological polar surface area (TPSA) is 47.4 Å². The summed E-state index contributed by atoms with van der Waals surface area (Å²) in [4.78, 5) is 18.6. The van der Waals surface area contributed by atoms with E-state index in [1.54, 1.807) is 48.5 Å². The molecule has 5 nitrogen and oxygen atoms in total. The number of nitrogens with zero attached hydrogens (tertiary/aromatic N) is 3. The molecule has 0 bridgehead atoms. The lowest BCUT2D eigenvalue weighted by Crippen LogP contribution is -2.16. The first kappa shape index (κ1) is 29.2. The third-order valence-corrected chi connectivity index (χ3v) is 7.32. The quantitative estimate of drug-likeness (QED) is 0.173. The van der Waals surface area contributed by atoms with E-state index >= 15 is 0 Å². The Morgan fingerprint density at radius 2 is 1.64 bits per heavy atom. The Morgan fingerprint density at radius 1 is 0.929 bits per heavy atom. The van der Waals surface area contributed by atoms with Gasteiger partial charge in [0.2, 0.25) is 5.95 Å². The number of imidazole rings is 1. The number of rotatable bonds is 7.